The van der Waals surface area contributed by atoms with Crippen molar-refractivity contribution >= 4 is 51.9 Å². The molecule has 0 aliphatic rings. The molecule has 176 valence electrons. The number of phenols is 1. The van der Waals surface area contributed by atoms with E-state index >= 15 is 0 Å². The normalized spacial score (nSPS) is 11.8. The van der Waals surface area contributed by atoms with Crippen LogP contribution in [-0.2, 0) is 29.8 Å². The third kappa shape index (κ3) is 12.3. The number of esters is 1. The Morgan fingerprint density at radius 1 is 0.968 bits per heavy atom. The molecule has 1 rings (SSSR count). The zero-order chi connectivity index (χ0) is 23.1. The van der Waals surface area contributed by atoms with E-state index in [4.69, 9.17) is 32.1 Å². The molecule has 0 aromatic heterocycles. The summed E-state index contributed by atoms with van der Waals surface area (Å²) in [6.07, 6.45) is 11.6. The first-order valence-corrected chi connectivity index (χ1v) is 12.4. The van der Waals surface area contributed by atoms with Gasteiger partial charge >= 0.3 is 5.97 Å². The zero-order valence-electron chi connectivity index (χ0n) is 17.8. The van der Waals surface area contributed by atoms with E-state index in [2.05, 4.69) is 11.6 Å². The van der Waals surface area contributed by atoms with Gasteiger partial charge < -0.3 is 9.84 Å². The number of rotatable bonds is 17. The highest BCUT2D eigenvalue weighted by molar-refractivity contribution is 7.81. The Balaban J connectivity index is 2.11. The minimum absolute atomic E-state index is 0.0429. The van der Waals surface area contributed by atoms with Gasteiger partial charge in [0.05, 0.1) is 22.3 Å². The number of carbonyl (C=O) groups is 2. The third-order valence-electron chi connectivity index (χ3n) is 4.47. The van der Waals surface area contributed by atoms with Crippen LogP contribution in [0.4, 0.5) is 5.69 Å². The predicted molar refractivity (Wildman–Crippen MR) is 124 cm³/mol. The van der Waals surface area contributed by atoms with Crippen LogP contribution in [0.3, 0.4) is 0 Å². The highest BCUT2D eigenvalue weighted by atomic mass is 35.5. The summed E-state index contributed by atoms with van der Waals surface area (Å²) in [5.41, 5.74) is 0.210. The van der Waals surface area contributed by atoms with Crippen LogP contribution in [0.2, 0.25) is 10.0 Å². The number of ketones is 1. The molecule has 1 aromatic rings. The molecule has 0 saturated carbocycles. The van der Waals surface area contributed by atoms with Crippen molar-refractivity contribution in [1.82, 2.24) is 0 Å². The minimum atomic E-state index is -2.12. The Morgan fingerprint density at radius 2 is 1.48 bits per heavy atom. The second kappa shape index (κ2) is 16.3. The van der Waals surface area contributed by atoms with Gasteiger partial charge in [-0.1, -0.05) is 87.9 Å². The summed E-state index contributed by atoms with van der Waals surface area (Å²) in [5, 5.41) is 9.40. The number of nitrogens with one attached hydrogen (secondary N) is 1. The van der Waals surface area contributed by atoms with Crippen molar-refractivity contribution in [1.29, 1.82) is 0 Å². The fourth-order valence-corrected chi connectivity index (χ4v) is 3.82. The molecule has 0 amide bonds. The highest BCUT2D eigenvalue weighted by Crippen LogP contribution is 2.34. The summed E-state index contributed by atoms with van der Waals surface area (Å²) in [7, 11) is 0. The first kappa shape index (κ1) is 27.7. The van der Waals surface area contributed by atoms with E-state index in [9.17, 15) is 18.9 Å². The summed E-state index contributed by atoms with van der Waals surface area (Å²) in [4.78, 5) is 23.4. The van der Waals surface area contributed by atoms with Crippen LogP contribution >= 0.6 is 23.2 Å². The van der Waals surface area contributed by atoms with Crippen molar-refractivity contribution in [2.75, 3.05) is 17.9 Å². The predicted octanol–water partition coefficient (Wildman–Crippen LogP) is 5.74. The van der Waals surface area contributed by atoms with Crippen LogP contribution in [0, 0.1) is 0 Å². The Kier molecular flexibility index (Phi) is 14.6. The molecule has 0 spiro atoms. The van der Waals surface area contributed by atoms with Crippen LogP contribution in [0.15, 0.2) is 12.1 Å². The van der Waals surface area contributed by atoms with Gasteiger partial charge in [0.1, 0.15) is 6.61 Å². The highest BCUT2D eigenvalue weighted by Gasteiger charge is 2.17. The molecule has 2 N–H and O–H groups in total. The molecule has 0 bridgehead atoms. The number of phenolic OH excluding ortho intramolecular Hbond substituents is 1. The maximum absolute atomic E-state index is 11.8. The lowest BCUT2D eigenvalue weighted by molar-refractivity contribution is -0.154. The molecular formula is C21H31Cl2NO6S. The Labute approximate surface area is 196 Å². The minimum Gasteiger partial charge on any atom is -0.505 e. The molecule has 1 unspecified atom stereocenters. The number of anilines is 1. The number of aromatic hydroxyl groups is 1. The SMILES string of the molecule is CCCCCCCCCCCCOC(=O)C(=O)COS(=O)Nc1cc(Cl)c(O)c(Cl)c1. The van der Waals surface area contributed by atoms with Gasteiger partial charge in [0.25, 0.3) is 17.0 Å². The van der Waals surface area contributed by atoms with Gasteiger partial charge in [0.2, 0.25) is 0 Å². The lowest BCUT2D eigenvalue weighted by atomic mass is 10.1. The molecule has 1 aromatic carbocycles. The zero-order valence-corrected chi connectivity index (χ0v) is 20.1. The molecule has 7 nitrogen and oxygen atoms in total. The number of carbonyl (C=O) groups excluding carboxylic acids is 2. The average molecular weight is 496 g/mol. The first-order chi connectivity index (χ1) is 14.8. The third-order valence-corrected chi connectivity index (χ3v) is 5.78. The van der Waals surface area contributed by atoms with E-state index < -0.39 is 29.6 Å². The molecule has 31 heavy (non-hydrogen) atoms. The van der Waals surface area contributed by atoms with Crippen molar-refractivity contribution < 1.29 is 27.8 Å². The van der Waals surface area contributed by atoms with Crippen LogP contribution in [-0.4, -0.2) is 34.3 Å². The van der Waals surface area contributed by atoms with Gasteiger partial charge in [0, 0.05) is 0 Å². The van der Waals surface area contributed by atoms with E-state index in [-0.39, 0.29) is 28.1 Å². The molecule has 0 heterocycles. The Hall–Kier alpha value is -1.35. The van der Waals surface area contributed by atoms with Crippen LogP contribution < -0.4 is 4.72 Å². The number of halogens is 2. The smallest absolute Gasteiger partial charge is 0.377 e. The van der Waals surface area contributed by atoms with Crippen molar-refractivity contribution in [3.8, 4) is 5.75 Å². The second-order valence-corrected chi connectivity index (χ2v) is 8.85. The molecule has 0 fully saturated rings. The largest absolute Gasteiger partial charge is 0.505 e. The molecule has 0 saturated heterocycles. The number of hydrogen-bond donors (Lipinski definition) is 2. The number of unbranched alkanes of at least 4 members (excludes halogenated alkanes) is 9. The van der Waals surface area contributed by atoms with Crippen LogP contribution in [0.1, 0.15) is 71.1 Å². The van der Waals surface area contributed by atoms with Crippen LogP contribution in [0.5, 0.6) is 5.75 Å². The summed E-state index contributed by atoms with van der Waals surface area (Å²) >= 11 is 9.40. The van der Waals surface area contributed by atoms with Crippen LogP contribution in [0.25, 0.3) is 0 Å². The lowest BCUT2D eigenvalue weighted by Gasteiger charge is -2.08. The maximum atomic E-state index is 11.8. The molecule has 0 aliphatic heterocycles. The van der Waals surface area contributed by atoms with Crippen molar-refractivity contribution in [2.24, 2.45) is 0 Å². The van der Waals surface area contributed by atoms with Gasteiger partial charge in [-0.05, 0) is 18.6 Å². The molecule has 10 heteroatoms. The fraction of sp³-hybridized carbons (Fsp3) is 0.619. The van der Waals surface area contributed by atoms with Crippen molar-refractivity contribution in [3.05, 3.63) is 22.2 Å². The molecular weight excluding hydrogens is 465 g/mol. The number of Topliss-reactive ketones (excluding diaryl/α,β-unsaturated/α-hetero) is 1. The number of hydrogen-bond acceptors (Lipinski definition) is 6. The van der Waals surface area contributed by atoms with Gasteiger partial charge in [-0.2, -0.15) is 0 Å². The summed E-state index contributed by atoms with van der Waals surface area (Å²) in [6.45, 7) is 1.68. The summed E-state index contributed by atoms with van der Waals surface area (Å²) < 4.78 is 24.0. The Bertz CT molecular complexity index is 709. The van der Waals surface area contributed by atoms with E-state index in [1.807, 2.05) is 0 Å². The topological polar surface area (TPSA) is 102 Å². The van der Waals surface area contributed by atoms with E-state index in [1.54, 1.807) is 0 Å². The lowest BCUT2D eigenvalue weighted by Crippen LogP contribution is -2.24. The second-order valence-electron chi connectivity index (χ2n) is 7.13. The molecule has 0 radical (unpaired) electrons. The van der Waals surface area contributed by atoms with Gasteiger partial charge in [-0.3, -0.25) is 13.7 Å². The van der Waals surface area contributed by atoms with E-state index in [1.165, 1.54) is 57.1 Å². The van der Waals surface area contributed by atoms with E-state index in [0.717, 1.165) is 12.8 Å². The number of ether oxygens (including phenoxy) is 1. The number of benzene rings is 1. The van der Waals surface area contributed by atoms with E-state index in [0.29, 0.717) is 6.42 Å². The van der Waals surface area contributed by atoms with Gasteiger partial charge in [-0.15, -0.1) is 0 Å². The average Bonchev–Trinajstić information content (AvgIpc) is 2.73. The maximum Gasteiger partial charge on any atom is 0.377 e. The fourth-order valence-electron chi connectivity index (χ4n) is 2.75. The molecule has 1 atom stereocenters. The first-order valence-electron chi connectivity index (χ1n) is 10.5. The van der Waals surface area contributed by atoms with Gasteiger partial charge in [0.15, 0.2) is 5.75 Å². The summed E-state index contributed by atoms with van der Waals surface area (Å²) in [5.74, 6) is -2.24. The summed E-state index contributed by atoms with van der Waals surface area (Å²) in [6, 6.07) is 2.57. The monoisotopic (exact) mass is 495 g/mol. The van der Waals surface area contributed by atoms with Gasteiger partial charge in [-0.25, -0.2) is 9.00 Å². The quantitative estimate of drug-likeness (QED) is 0.123. The standard InChI is InChI=1S/C21H31Cl2NO6S/c1-2-3-4-5-6-7-8-9-10-11-12-29-21(27)19(25)15-30-31(28)24-16-13-17(22)20(26)18(23)14-16/h13-14,24,26H,2-12,15H2,1H3. The van der Waals surface area contributed by atoms with Crippen molar-refractivity contribution in [3.63, 3.8) is 0 Å². The van der Waals surface area contributed by atoms with Crippen molar-refractivity contribution in [2.45, 2.75) is 71.1 Å². The Morgan fingerprint density at radius 3 is 2.03 bits per heavy atom. The molecule has 0 aliphatic carbocycles.